The number of nitrogens with zero attached hydrogens (tertiary/aromatic N) is 3. The van der Waals surface area contributed by atoms with E-state index in [0.717, 1.165) is 49.0 Å². The normalized spacial score (nSPS) is 25.1. The van der Waals surface area contributed by atoms with Crippen molar-refractivity contribution in [3.05, 3.63) is 75.3 Å². The third kappa shape index (κ3) is 3.80. The molecule has 0 radical (unpaired) electrons. The Morgan fingerprint density at radius 2 is 1.97 bits per heavy atom. The number of rotatable bonds is 7. The molecule has 1 aromatic heterocycles. The first-order chi connectivity index (χ1) is 17.3. The van der Waals surface area contributed by atoms with E-state index in [0.29, 0.717) is 34.2 Å². The largest absolute Gasteiger partial charge is 0.366 e. The molecule has 2 bridgehead atoms. The van der Waals surface area contributed by atoms with Gasteiger partial charge in [-0.15, -0.1) is 0 Å². The average Bonchev–Trinajstić information content (AvgIpc) is 3.37. The summed E-state index contributed by atoms with van der Waals surface area (Å²) in [6.45, 7) is 2.48. The van der Waals surface area contributed by atoms with Gasteiger partial charge in [0.15, 0.2) is 0 Å². The molecule has 1 saturated heterocycles. The summed E-state index contributed by atoms with van der Waals surface area (Å²) in [6.07, 6.45) is 6.89. The summed E-state index contributed by atoms with van der Waals surface area (Å²) in [4.78, 5) is 14.0. The zero-order valence-corrected chi connectivity index (χ0v) is 21.4. The Morgan fingerprint density at radius 3 is 2.67 bits per heavy atom. The minimum Gasteiger partial charge on any atom is -0.366 e. The highest BCUT2D eigenvalue weighted by Gasteiger charge is 2.56. The number of anilines is 1. The molecule has 1 aliphatic heterocycles. The van der Waals surface area contributed by atoms with Crippen molar-refractivity contribution < 1.29 is 13.9 Å². The maximum absolute atomic E-state index is 14.2. The quantitative estimate of drug-likeness (QED) is 0.395. The molecule has 2 N–H and O–H groups in total. The maximum Gasteiger partial charge on any atom is 0.251 e. The number of ether oxygens (including phenoxy) is 1. The van der Waals surface area contributed by atoms with E-state index in [-0.39, 0.29) is 11.6 Å². The van der Waals surface area contributed by atoms with Crippen LogP contribution >= 0.6 is 23.2 Å². The van der Waals surface area contributed by atoms with Crippen molar-refractivity contribution in [3.63, 3.8) is 0 Å². The average molecular weight is 529 g/mol. The third-order valence-electron chi connectivity index (χ3n) is 8.05. The standard InChI is InChI=1S/C27H27Cl2FN4O2/c1-15-17-9-10-27(12-17,33(15)18-7-8-23(30)19(11-18)26(31)35)36-14-24-20(16-5-6-16)13-32-34(24)25-21(28)3-2-4-22(25)29/h2-4,7-8,11,13,15-17H,5-6,9-10,12,14H2,1H3,(H2,31,35)/t15-,17+,27+/m1/s1. The molecule has 9 heteroatoms. The highest BCUT2D eigenvalue weighted by atomic mass is 35.5. The lowest BCUT2D eigenvalue weighted by molar-refractivity contribution is -0.0496. The van der Waals surface area contributed by atoms with Gasteiger partial charge in [0.2, 0.25) is 0 Å². The number of benzene rings is 2. The topological polar surface area (TPSA) is 73.4 Å². The lowest BCUT2D eigenvalue weighted by Crippen LogP contribution is -2.50. The highest BCUT2D eigenvalue weighted by molar-refractivity contribution is 6.37. The first kappa shape index (κ1) is 23.8. The second-order valence-corrected chi connectivity index (χ2v) is 11.0. The van der Waals surface area contributed by atoms with E-state index in [9.17, 15) is 9.18 Å². The van der Waals surface area contributed by atoms with Gasteiger partial charge in [-0.05, 0) is 80.3 Å². The molecular formula is C27H27Cl2FN4O2. The van der Waals surface area contributed by atoms with Crippen LogP contribution in [0.2, 0.25) is 10.0 Å². The molecule has 6 rings (SSSR count). The van der Waals surface area contributed by atoms with Crippen molar-refractivity contribution in [2.45, 2.75) is 63.3 Å². The molecule has 3 fully saturated rings. The highest BCUT2D eigenvalue weighted by Crippen LogP contribution is 2.53. The molecule has 2 aliphatic carbocycles. The molecule has 188 valence electrons. The maximum atomic E-state index is 14.2. The van der Waals surface area contributed by atoms with E-state index in [2.05, 4.69) is 16.9 Å². The van der Waals surface area contributed by atoms with Gasteiger partial charge in [0, 0.05) is 18.2 Å². The number of carbonyl (C=O) groups is 1. The summed E-state index contributed by atoms with van der Waals surface area (Å²) >= 11 is 13.1. The number of para-hydroxylation sites is 1. The molecule has 2 heterocycles. The van der Waals surface area contributed by atoms with E-state index >= 15 is 0 Å². The van der Waals surface area contributed by atoms with Gasteiger partial charge in [-0.3, -0.25) is 4.79 Å². The van der Waals surface area contributed by atoms with Gasteiger partial charge in [-0.2, -0.15) is 5.10 Å². The van der Waals surface area contributed by atoms with Crippen molar-refractivity contribution in [1.29, 1.82) is 0 Å². The third-order valence-corrected chi connectivity index (χ3v) is 8.66. The molecular weight excluding hydrogens is 502 g/mol. The molecule has 0 unspecified atom stereocenters. The van der Waals surface area contributed by atoms with Gasteiger partial charge in [-0.25, -0.2) is 9.07 Å². The molecule has 3 aromatic rings. The Hall–Kier alpha value is -2.61. The number of carbonyl (C=O) groups excluding carboxylic acids is 1. The van der Waals surface area contributed by atoms with Gasteiger partial charge in [0.1, 0.15) is 17.2 Å². The lowest BCUT2D eigenvalue weighted by atomic mass is 9.99. The number of aromatic nitrogens is 2. The van der Waals surface area contributed by atoms with Crippen molar-refractivity contribution in [3.8, 4) is 5.69 Å². The summed E-state index contributed by atoms with van der Waals surface area (Å²) in [7, 11) is 0. The van der Waals surface area contributed by atoms with Crippen LogP contribution in [0.3, 0.4) is 0 Å². The van der Waals surface area contributed by atoms with Crippen LogP contribution in [0.1, 0.15) is 66.6 Å². The lowest BCUT2D eigenvalue weighted by Gasteiger charge is -2.44. The number of nitrogens with two attached hydrogens (primary N) is 1. The SMILES string of the molecule is C[C@@H]1[C@H]2CC[C@](OCc3c(C4CC4)cnn3-c3c(Cl)cccc3Cl)(C2)N1c1ccc(F)c(C(N)=O)c1. The Morgan fingerprint density at radius 1 is 1.22 bits per heavy atom. The number of fused-ring (bicyclic) bond motifs is 2. The molecule has 3 aliphatic rings. The van der Waals surface area contributed by atoms with Crippen LogP contribution in [-0.4, -0.2) is 27.5 Å². The van der Waals surface area contributed by atoms with Crippen LogP contribution in [0.4, 0.5) is 10.1 Å². The van der Waals surface area contributed by atoms with Crippen molar-refractivity contribution in [2.24, 2.45) is 11.7 Å². The number of piperidine rings is 1. The molecule has 0 spiro atoms. The Balaban J connectivity index is 1.37. The number of hydrogen-bond acceptors (Lipinski definition) is 4. The van der Waals surface area contributed by atoms with Crippen LogP contribution in [-0.2, 0) is 11.3 Å². The van der Waals surface area contributed by atoms with Gasteiger partial charge in [-0.1, -0.05) is 29.3 Å². The molecule has 1 amide bonds. The Kier molecular flexibility index (Phi) is 5.78. The van der Waals surface area contributed by atoms with Gasteiger partial charge in [0.25, 0.3) is 5.91 Å². The second-order valence-electron chi connectivity index (χ2n) is 10.2. The number of primary amides is 1. The van der Waals surface area contributed by atoms with E-state index in [1.807, 2.05) is 16.9 Å². The van der Waals surface area contributed by atoms with E-state index in [4.69, 9.17) is 33.7 Å². The molecule has 2 saturated carbocycles. The Bertz CT molecular complexity index is 1340. The smallest absolute Gasteiger partial charge is 0.251 e. The summed E-state index contributed by atoms with van der Waals surface area (Å²) < 4.78 is 22.9. The van der Waals surface area contributed by atoms with Crippen LogP contribution in [0.5, 0.6) is 0 Å². The Labute approximate surface area is 219 Å². The fraction of sp³-hybridized carbons (Fsp3) is 0.407. The van der Waals surface area contributed by atoms with E-state index in [1.165, 1.54) is 6.07 Å². The fourth-order valence-corrected chi connectivity index (χ4v) is 6.67. The van der Waals surface area contributed by atoms with Crippen molar-refractivity contribution in [2.75, 3.05) is 4.90 Å². The molecule has 6 nitrogen and oxygen atoms in total. The minimum atomic E-state index is -0.782. The van der Waals surface area contributed by atoms with Gasteiger partial charge < -0.3 is 15.4 Å². The van der Waals surface area contributed by atoms with Gasteiger partial charge in [0.05, 0.1) is 34.1 Å². The summed E-state index contributed by atoms with van der Waals surface area (Å²) in [5.74, 6) is -0.497. The van der Waals surface area contributed by atoms with E-state index in [1.54, 1.807) is 24.3 Å². The monoisotopic (exact) mass is 528 g/mol. The molecule has 36 heavy (non-hydrogen) atoms. The number of hydrogen-bond donors (Lipinski definition) is 1. The summed E-state index contributed by atoms with van der Waals surface area (Å²) in [5.41, 5.74) is 8.25. The van der Waals surface area contributed by atoms with Gasteiger partial charge >= 0.3 is 0 Å². The molecule has 2 aromatic carbocycles. The van der Waals surface area contributed by atoms with Crippen molar-refractivity contribution in [1.82, 2.24) is 9.78 Å². The predicted octanol–water partition coefficient (Wildman–Crippen LogP) is 6.22. The first-order valence-electron chi connectivity index (χ1n) is 12.3. The van der Waals surface area contributed by atoms with E-state index < -0.39 is 17.4 Å². The van der Waals surface area contributed by atoms with Crippen molar-refractivity contribution >= 4 is 34.8 Å². The number of halogens is 3. The van der Waals surface area contributed by atoms with Crippen LogP contribution in [0.25, 0.3) is 5.69 Å². The van der Waals surface area contributed by atoms with Crippen LogP contribution in [0.15, 0.2) is 42.6 Å². The summed E-state index contributed by atoms with van der Waals surface area (Å²) in [6, 6.07) is 10.2. The van der Waals surface area contributed by atoms with Crippen LogP contribution < -0.4 is 10.6 Å². The van der Waals surface area contributed by atoms with Crippen LogP contribution in [0, 0.1) is 11.7 Å². The summed E-state index contributed by atoms with van der Waals surface area (Å²) in [5, 5.41) is 5.71. The number of amides is 1. The zero-order valence-electron chi connectivity index (χ0n) is 19.9. The second kappa shape index (κ2) is 8.75. The molecule has 3 atom stereocenters. The first-order valence-corrected chi connectivity index (χ1v) is 13.1. The zero-order chi connectivity index (χ0) is 25.2. The fourth-order valence-electron chi connectivity index (χ4n) is 6.11. The minimum absolute atomic E-state index is 0.111. The predicted molar refractivity (Wildman–Crippen MR) is 137 cm³/mol.